The quantitative estimate of drug-likeness (QED) is 0.348. The number of halogens is 2. The Hall–Kier alpha value is -1.61. The van der Waals surface area contributed by atoms with Crippen molar-refractivity contribution in [1.82, 2.24) is 0 Å². The Labute approximate surface area is 125 Å². The number of hydrogen-bond donors (Lipinski definition) is 0. The van der Waals surface area contributed by atoms with Crippen molar-refractivity contribution in [3.63, 3.8) is 0 Å². The molecule has 0 N–H and O–H groups in total. The van der Waals surface area contributed by atoms with Crippen molar-refractivity contribution < 1.29 is 9.13 Å². The van der Waals surface area contributed by atoms with E-state index in [0.717, 1.165) is 11.1 Å². The van der Waals surface area contributed by atoms with Gasteiger partial charge in [-0.15, -0.1) is 0 Å². The molecular weight excluding hydrogens is 277 g/mol. The highest BCUT2D eigenvalue weighted by Gasteiger charge is 1.97. The molecule has 0 atom stereocenters. The fraction of sp³-hybridized carbons (Fsp3) is 0.312. The first-order chi connectivity index (χ1) is 9.36. The van der Waals surface area contributed by atoms with E-state index >= 15 is 0 Å². The van der Waals surface area contributed by atoms with Crippen molar-refractivity contribution in [2.24, 2.45) is 4.99 Å². The molecule has 0 aliphatic carbocycles. The first-order valence-electron chi connectivity index (χ1n) is 6.21. The summed E-state index contributed by atoms with van der Waals surface area (Å²) in [6.07, 6.45) is 6.88. The van der Waals surface area contributed by atoms with E-state index in [1.165, 1.54) is 19.2 Å². The van der Waals surface area contributed by atoms with E-state index < -0.39 is 0 Å². The molecule has 2 nitrogen and oxygen atoms in total. The molecule has 0 aromatic heterocycles. The van der Waals surface area contributed by atoms with E-state index in [9.17, 15) is 4.39 Å². The zero-order chi connectivity index (χ0) is 15.5. The van der Waals surface area contributed by atoms with E-state index in [4.69, 9.17) is 16.3 Å². The van der Waals surface area contributed by atoms with Crippen LogP contribution in [0.15, 0.2) is 64.6 Å². The number of rotatable bonds is 7. The molecule has 0 aromatic rings. The van der Waals surface area contributed by atoms with Crippen LogP contribution in [-0.4, -0.2) is 12.5 Å². The smallest absolute Gasteiger partial charge is 0.184 e. The van der Waals surface area contributed by atoms with Gasteiger partial charge in [-0.05, 0) is 31.1 Å². The van der Waals surface area contributed by atoms with Gasteiger partial charge in [-0.25, -0.2) is 9.38 Å². The Kier molecular flexibility index (Phi) is 9.39. The predicted molar refractivity (Wildman–Crippen MR) is 85.6 cm³/mol. The Morgan fingerprint density at radius 2 is 2.00 bits per heavy atom. The minimum atomic E-state index is -0.250. The van der Waals surface area contributed by atoms with Crippen LogP contribution in [0, 0.1) is 0 Å². The summed E-state index contributed by atoms with van der Waals surface area (Å²) >= 11 is 5.87. The summed E-state index contributed by atoms with van der Waals surface area (Å²) in [6.45, 7) is 12.6. The van der Waals surface area contributed by atoms with E-state index in [1.807, 2.05) is 0 Å². The molecule has 110 valence electrons. The zero-order valence-corrected chi connectivity index (χ0v) is 13.0. The summed E-state index contributed by atoms with van der Waals surface area (Å²) in [5.41, 5.74) is 1.55. The second kappa shape index (κ2) is 10.2. The SMILES string of the molecule is C=C/C=C(\C=C(/C)F)CCOC(C)=N/C=C(/Cl)C(=C)C. The summed E-state index contributed by atoms with van der Waals surface area (Å²) in [4.78, 5) is 4.06. The lowest BCUT2D eigenvalue weighted by molar-refractivity contribution is 0.307. The van der Waals surface area contributed by atoms with Crippen LogP contribution < -0.4 is 0 Å². The molecule has 0 spiro atoms. The van der Waals surface area contributed by atoms with Crippen molar-refractivity contribution >= 4 is 17.5 Å². The van der Waals surface area contributed by atoms with E-state index in [0.29, 0.717) is 24.0 Å². The summed E-state index contributed by atoms with van der Waals surface area (Å²) < 4.78 is 18.3. The Morgan fingerprint density at radius 1 is 1.35 bits per heavy atom. The third kappa shape index (κ3) is 9.34. The minimum absolute atomic E-state index is 0.250. The molecule has 0 rings (SSSR count). The standard InChI is InChI=1S/C16H21ClFNO/c1-6-7-15(10-13(4)18)8-9-20-14(5)19-11-16(17)12(2)3/h6-7,10-11H,1-2,8-9H2,3-5H3/b13-10+,15-7-,16-11+,19-14?. The van der Waals surface area contributed by atoms with Gasteiger partial charge in [-0.2, -0.15) is 0 Å². The summed E-state index contributed by atoms with van der Waals surface area (Å²) in [6, 6.07) is 0. The second-order valence-corrected chi connectivity index (χ2v) is 4.62. The summed E-state index contributed by atoms with van der Waals surface area (Å²) in [7, 11) is 0. The van der Waals surface area contributed by atoms with Crippen LogP contribution in [0.1, 0.15) is 27.2 Å². The number of hydrogen-bond acceptors (Lipinski definition) is 2. The van der Waals surface area contributed by atoms with Gasteiger partial charge in [0.05, 0.1) is 17.5 Å². The number of nitrogens with zero attached hydrogens (tertiary/aromatic N) is 1. The molecule has 0 aromatic carbocycles. The maximum Gasteiger partial charge on any atom is 0.184 e. The van der Waals surface area contributed by atoms with Gasteiger partial charge in [0, 0.05) is 19.5 Å². The third-order valence-electron chi connectivity index (χ3n) is 2.19. The lowest BCUT2D eigenvalue weighted by Crippen LogP contribution is -2.01. The zero-order valence-electron chi connectivity index (χ0n) is 12.2. The minimum Gasteiger partial charge on any atom is -0.481 e. The van der Waals surface area contributed by atoms with Crippen molar-refractivity contribution in [1.29, 1.82) is 0 Å². The molecule has 0 amide bonds. The van der Waals surface area contributed by atoms with E-state index in [-0.39, 0.29) is 5.83 Å². The molecule has 0 radical (unpaired) electrons. The van der Waals surface area contributed by atoms with Gasteiger partial charge in [0.1, 0.15) is 0 Å². The maximum absolute atomic E-state index is 12.8. The van der Waals surface area contributed by atoms with Gasteiger partial charge < -0.3 is 4.74 Å². The number of allylic oxidation sites excluding steroid dienone is 6. The molecule has 0 bridgehead atoms. The fourth-order valence-corrected chi connectivity index (χ4v) is 1.27. The van der Waals surface area contributed by atoms with Crippen LogP contribution in [0.5, 0.6) is 0 Å². The average Bonchev–Trinajstić information content (AvgIpc) is 2.35. The molecule has 0 saturated heterocycles. The Balaban J connectivity index is 4.42. The number of ether oxygens (including phenoxy) is 1. The van der Waals surface area contributed by atoms with E-state index in [1.54, 1.807) is 26.0 Å². The van der Waals surface area contributed by atoms with Gasteiger partial charge >= 0.3 is 0 Å². The highest BCUT2D eigenvalue weighted by atomic mass is 35.5. The Bertz CT molecular complexity index is 469. The van der Waals surface area contributed by atoms with Crippen LogP contribution >= 0.6 is 11.6 Å². The van der Waals surface area contributed by atoms with Crippen LogP contribution in [-0.2, 0) is 4.74 Å². The van der Waals surface area contributed by atoms with Gasteiger partial charge in [-0.3, -0.25) is 0 Å². The first-order valence-corrected chi connectivity index (χ1v) is 6.58. The van der Waals surface area contributed by atoms with Crippen LogP contribution in [0.3, 0.4) is 0 Å². The molecule has 20 heavy (non-hydrogen) atoms. The highest BCUT2D eigenvalue weighted by Crippen LogP contribution is 2.12. The van der Waals surface area contributed by atoms with Crippen LogP contribution in [0.2, 0.25) is 0 Å². The summed E-state index contributed by atoms with van der Waals surface area (Å²) in [5.74, 6) is 0.239. The lowest BCUT2D eigenvalue weighted by Gasteiger charge is -2.05. The van der Waals surface area contributed by atoms with Gasteiger partial charge in [0.25, 0.3) is 0 Å². The molecular formula is C16H21ClFNO. The van der Waals surface area contributed by atoms with Crippen molar-refractivity contribution in [3.05, 3.63) is 59.6 Å². The molecule has 0 aliphatic heterocycles. The third-order valence-corrected chi connectivity index (χ3v) is 2.61. The molecule has 0 fully saturated rings. The number of aliphatic imine (C=N–C) groups is 1. The topological polar surface area (TPSA) is 21.6 Å². The fourth-order valence-electron chi connectivity index (χ4n) is 1.22. The molecule has 0 saturated carbocycles. The molecule has 0 unspecified atom stereocenters. The van der Waals surface area contributed by atoms with E-state index in [2.05, 4.69) is 18.2 Å². The van der Waals surface area contributed by atoms with Crippen molar-refractivity contribution in [2.75, 3.05) is 6.61 Å². The first kappa shape index (κ1) is 18.4. The molecule has 0 aliphatic rings. The molecule has 0 heterocycles. The largest absolute Gasteiger partial charge is 0.481 e. The van der Waals surface area contributed by atoms with Crippen LogP contribution in [0.25, 0.3) is 0 Å². The molecule has 4 heteroatoms. The highest BCUT2D eigenvalue weighted by molar-refractivity contribution is 6.31. The normalized spacial score (nSPS) is 14.2. The van der Waals surface area contributed by atoms with Gasteiger partial charge in [0.2, 0.25) is 0 Å². The Morgan fingerprint density at radius 3 is 2.50 bits per heavy atom. The monoisotopic (exact) mass is 297 g/mol. The maximum atomic E-state index is 12.8. The second-order valence-electron chi connectivity index (χ2n) is 4.21. The predicted octanol–water partition coefficient (Wildman–Crippen LogP) is 5.45. The van der Waals surface area contributed by atoms with Crippen molar-refractivity contribution in [3.8, 4) is 0 Å². The van der Waals surface area contributed by atoms with Crippen LogP contribution in [0.4, 0.5) is 4.39 Å². The van der Waals surface area contributed by atoms with Crippen molar-refractivity contribution in [2.45, 2.75) is 27.2 Å². The lowest BCUT2D eigenvalue weighted by atomic mass is 10.1. The van der Waals surface area contributed by atoms with Gasteiger partial charge in [-0.1, -0.05) is 36.9 Å². The average molecular weight is 298 g/mol. The van der Waals surface area contributed by atoms with Gasteiger partial charge in [0.15, 0.2) is 5.90 Å². The summed E-state index contributed by atoms with van der Waals surface area (Å²) in [5, 5.41) is 0.483.